The van der Waals surface area contributed by atoms with Gasteiger partial charge in [0.1, 0.15) is 27.9 Å². The summed E-state index contributed by atoms with van der Waals surface area (Å²) < 4.78 is 52.1. The molecule has 0 N–H and O–H groups in total. The van der Waals surface area contributed by atoms with Crippen LogP contribution in [0.4, 0.5) is 13.6 Å². The van der Waals surface area contributed by atoms with Crippen molar-refractivity contribution in [3.63, 3.8) is 0 Å². The van der Waals surface area contributed by atoms with Crippen LogP contribution in [0.5, 0.6) is 11.5 Å². The van der Waals surface area contributed by atoms with Crippen LogP contribution in [0.25, 0.3) is 21.1 Å². The highest BCUT2D eigenvalue weighted by Gasteiger charge is 2.46. The maximum atomic E-state index is 15.1. The van der Waals surface area contributed by atoms with Crippen molar-refractivity contribution >= 4 is 29.0 Å². The van der Waals surface area contributed by atoms with Crippen LogP contribution in [0.3, 0.4) is 0 Å². The zero-order valence-corrected chi connectivity index (χ0v) is 25.0. The van der Waals surface area contributed by atoms with Gasteiger partial charge in [0.25, 0.3) is 0 Å². The Morgan fingerprint density at radius 1 is 1.15 bits per heavy atom. The predicted octanol–water partition coefficient (Wildman–Crippen LogP) is 7.34. The molecule has 1 aliphatic heterocycles. The number of rotatable bonds is 7. The molecular weight excluding hydrogens is 564 g/mol. The molecule has 3 aromatic rings. The van der Waals surface area contributed by atoms with E-state index in [0.717, 1.165) is 11.3 Å². The second-order valence-corrected chi connectivity index (χ2v) is 12.4. The SMILES string of the molecule is CC(C)Oc1ccc(-c2nnc(-c3cc(F)c(OC[C@H]4COC(C)(C)N4C(=O)OC(C)(C)C)cc3Cl)s2)cc1F. The van der Waals surface area contributed by atoms with E-state index in [4.69, 9.17) is 30.5 Å². The second-order valence-electron chi connectivity index (χ2n) is 11.1. The summed E-state index contributed by atoms with van der Waals surface area (Å²) >= 11 is 7.63. The predicted molar refractivity (Wildman–Crippen MR) is 149 cm³/mol. The lowest BCUT2D eigenvalue weighted by atomic mass is 10.2. The highest BCUT2D eigenvalue weighted by molar-refractivity contribution is 7.18. The average Bonchev–Trinajstić information content (AvgIpc) is 3.43. The maximum absolute atomic E-state index is 15.1. The molecule has 0 saturated carbocycles. The largest absolute Gasteiger partial charge is 0.488 e. The first kappa shape index (κ1) is 30.0. The summed E-state index contributed by atoms with van der Waals surface area (Å²) in [5.74, 6) is -1.13. The lowest BCUT2D eigenvalue weighted by molar-refractivity contribution is -0.0637. The van der Waals surface area contributed by atoms with Crippen molar-refractivity contribution in [3.05, 3.63) is 47.0 Å². The minimum atomic E-state index is -0.920. The standard InChI is InChI=1S/C28H32ClF2N3O5S/c1-15(2)38-22-9-8-16(10-20(22)30)24-32-33-25(40-24)18-11-21(31)23(12-19(18)29)36-13-17-14-37-28(6,7)34(17)26(35)39-27(3,4)5/h8-12,15,17H,13-14H2,1-7H3/t17-/m0/s1. The van der Waals surface area contributed by atoms with Gasteiger partial charge in [-0.2, -0.15) is 0 Å². The molecule has 1 aromatic heterocycles. The fraction of sp³-hybridized carbons (Fsp3) is 0.464. The van der Waals surface area contributed by atoms with Crippen LogP contribution in [0.1, 0.15) is 48.5 Å². The Kier molecular flexibility index (Phi) is 8.58. The third kappa shape index (κ3) is 6.82. The van der Waals surface area contributed by atoms with Gasteiger partial charge in [-0.1, -0.05) is 22.9 Å². The van der Waals surface area contributed by atoms with Gasteiger partial charge in [-0.3, -0.25) is 4.90 Å². The molecule has 8 nitrogen and oxygen atoms in total. The van der Waals surface area contributed by atoms with Gasteiger partial charge in [0, 0.05) is 17.2 Å². The molecular formula is C28H32ClF2N3O5S. The fourth-order valence-corrected chi connectivity index (χ4v) is 5.28. The molecule has 0 unspecified atom stereocenters. The van der Waals surface area contributed by atoms with Crippen LogP contribution >= 0.6 is 22.9 Å². The van der Waals surface area contributed by atoms with E-state index < -0.39 is 35.1 Å². The van der Waals surface area contributed by atoms with E-state index in [9.17, 15) is 9.18 Å². The maximum Gasteiger partial charge on any atom is 0.413 e. The number of amides is 1. The van der Waals surface area contributed by atoms with Crippen molar-refractivity contribution in [2.24, 2.45) is 0 Å². The summed E-state index contributed by atoms with van der Waals surface area (Å²) in [7, 11) is 0. The average molecular weight is 596 g/mol. The molecule has 12 heteroatoms. The summed E-state index contributed by atoms with van der Waals surface area (Å²) in [6.45, 7) is 12.6. The van der Waals surface area contributed by atoms with E-state index in [-0.39, 0.29) is 35.8 Å². The van der Waals surface area contributed by atoms with Gasteiger partial charge in [-0.05, 0) is 72.7 Å². The third-order valence-electron chi connectivity index (χ3n) is 5.81. The lowest BCUT2D eigenvalue weighted by Gasteiger charge is -2.35. The quantitative estimate of drug-likeness (QED) is 0.282. The van der Waals surface area contributed by atoms with Crippen LogP contribution in [0, 0.1) is 11.6 Å². The molecule has 1 atom stereocenters. The smallest absolute Gasteiger partial charge is 0.413 e. The van der Waals surface area contributed by atoms with Crippen LogP contribution in [0.15, 0.2) is 30.3 Å². The molecule has 40 heavy (non-hydrogen) atoms. The molecule has 0 bridgehead atoms. The first-order valence-electron chi connectivity index (χ1n) is 12.7. The number of carbonyl (C=O) groups excluding carboxylic acids is 1. The highest BCUT2D eigenvalue weighted by Crippen LogP contribution is 2.38. The Morgan fingerprint density at radius 2 is 1.82 bits per heavy atom. The number of benzene rings is 2. The van der Waals surface area contributed by atoms with Gasteiger partial charge in [0.05, 0.1) is 23.8 Å². The van der Waals surface area contributed by atoms with Crippen LogP contribution in [-0.2, 0) is 9.47 Å². The summed E-state index contributed by atoms with van der Waals surface area (Å²) in [4.78, 5) is 14.3. The Bertz CT molecular complexity index is 1390. The van der Waals surface area contributed by atoms with Crippen LogP contribution in [-0.4, -0.2) is 57.9 Å². The minimum Gasteiger partial charge on any atom is -0.488 e. The fourth-order valence-electron chi connectivity index (χ4n) is 4.11. The second kappa shape index (κ2) is 11.5. The van der Waals surface area contributed by atoms with Gasteiger partial charge >= 0.3 is 6.09 Å². The first-order chi connectivity index (χ1) is 18.6. The van der Waals surface area contributed by atoms with Gasteiger partial charge in [-0.15, -0.1) is 10.2 Å². The molecule has 1 amide bonds. The molecule has 0 aliphatic carbocycles. The Labute approximate surface area is 241 Å². The number of nitrogens with zero attached hydrogens (tertiary/aromatic N) is 3. The first-order valence-corrected chi connectivity index (χ1v) is 13.9. The van der Waals surface area contributed by atoms with Gasteiger partial charge < -0.3 is 18.9 Å². The Hall–Kier alpha value is -3.02. The lowest BCUT2D eigenvalue weighted by Crippen LogP contribution is -2.51. The van der Waals surface area contributed by atoms with E-state index in [1.165, 1.54) is 29.2 Å². The summed E-state index contributed by atoms with van der Waals surface area (Å²) in [6.07, 6.45) is -0.716. The normalized spacial score (nSPS) is 16.9. The van der Waals surface area contributed by atoms with Crippen molar-refractivity contribution in [1.82, 2.24) is 15.1 Å². The third-order valence-corrected chi connectivity index (χ3v) is 7.13. The molecule has 0 spiro atoms. The molecule has 1 aliphatic rings. The summed E-state index contributed by atoms with van der Waals surface area (Å²) in [6, 6.07) is 6.58. The van der Waals surface area contributed by atoms with Crippen LogP contribution < -0.4 is 9.47 Å². The van der Waals surface area contributed by atoms with E-state index in [0.29, 0.717) is 21.1 Å². The number of hydrogen-bond acceptors (Lipinski definition) is 8. The van der Waals surface area contributed by atoms with Gasteiger partial charge in [-0.25, -0.2) is 13.6 Å². The molecule has 216 valence electrons. The number of halogens is 3. The molecule has 2 heterocycles. The Balaban J connectivity index is 1.49. The van der Waals surface area contributed by atoms with E-state index in [2.05, 4.69) is 10.2 Å². The monoisotopic (exact) mass is 595 g/mol. The molecule has 2 aromatic carbocycles. The van der Waals surface area contributed by atoms with Gasteiger partial charge in [0.2, 0.25) is 0 Å². The van der Waals surface area contributed by atoms with Crippen molar-refractivity contribution in [2.45, 2.75) is 71.9 Å². The van der Waals surface area contributed by atoms with E-state index >= 15 is 4.39 Å². The van der Waals surface area contributed by atoms with E-state index in [1.807, 2.05) is 13.8 Å². The number of ether oxygens (including phenoxy) is 4. The summed E-state index contributed by atoms with van der Waals surface area (Å²) in [5.41, 5.74) is -0.793. The Morgan fingerprint density at radius 3 is 2.48 bits per heavy atom. The number of carbonyl (C=O) groups is 1. The summed E-state index contributed by atoms with van der Waals surface area (Å²) in [5, 5.41) is 9.24. The van der Waals surface area contributed by atoms with E-state index in [1.54, 1.807) is 40.7 Å². The van der Waals surface area contributed by atoms with Crippen molar-refractivity contribution in [3.8, 4) is 32.6 Å². The zero-order chi connectivity index (χ0) is 29.4. The number of hydrogen-bond donors (Lipinski definition) is 0. The molecule has 4 rings (SSSR count). The number of aromatic nitrogens is 2. The van der Waals surface area contributed by atoms with Crippen molar-refractivity contribution < 1.29 is 32.5 Å². The van der Waals surface area contributed by atoms with Crippen molar-refractivity contribution in [2.75, 3.05) is 13.2 Å². The topological polar surface area (TPSA) is 83.0 Å². The molecule has 1 saturated heterocycles. The van der Waals surface area contributed by atoms with Crippen LogP contribution in [0.2, 0.25) is 5.02 Å². The highest BCUT2D eigenvalue weighted by atomic mass is 35.5. The van der Waals surface area contributed by atoms with Crippen molar-refractivity contribution in [1.29, 1.82) is 0 Å². The molecule has 1 fully saturated rings. The minimum absolute atomic E-state index is 0.0414. The zero-order valence-electron chi connectivity index (χ0n) is 23.4. The molecule has 0 radical (unpaired) electrons. The van der Waals surface area contributed by atoms with Gasteiger partial charge in [0.15, 0.2) is 23.1 Å².